The molecule has 2 aromatic carbocycles. The fourth-order valence-electron chi connectivity index (χ4n) is 19.3. The third-order valence-corrected chi connectivity index (χ3v) is 77.6. The van der Waals surface area contributed by atoms with Crippen LogP contribution in [-0.4, -0.2) is 112 Å². The molecule has 0 amide bonds. The Hall–Kier alpha value is 1.59. The third kappa shape index (κ3) is 15.5. The topological polar surface area (TPSA) is 0 Å². The van der Waals surface area contributed by atoms with Gasteiger partial charge in [-0.25, -0.2) is 0 Å². The van der Waals surface area contributed by atoms with E-state index < -0.39 is 112 Å². The normalized spacial score (nSPS) is 15.6. The first kappa shape index (κ1) is 69.7. The van der Waals surface area contributed by atoms with Gasteiger partial charge in [-0.3, -0.25) is 0 Å². The van der Waals surface area contributed by atoms with Crippen molar-refractivity contribution in [3.63, 3.8) is 0 Å². The van der Waals surface area contributed by atoms with E-state index in [4.69, 9.17) is 0 Å². The van der Waals surface area contributed by atoms with Crippen LogP contribution in [0.3, 0.4) is 0 Å². The van der Waals surface area contributed by atoms with Gasteiger partial charge >= 0.3 is 478 Å². The minimum absolute atomic E-state index is 0.163. The zero-order chi connectivity index (χ0) is 57.7. The van der Waals surface area contributed by atoms with Gasteiger partial charge in [-0.05, 0) is 0 Å². The molecule has 416 valence electrons. The Morgan fingerprint density at radius 3 is 0.736 bits per heavy atom. The average molecular weight is 1250 g/mol. The van der Waals surface area contributed by atoms with Crippen molar-refractivity contribution in [1.29, 1.82) is 0 Å². The molecule has 0 aliphatic carbocycles. The summed E-state index contributed by atoms with van der Waals surface area (Å²) < 4.78 is 2.20. The van der Waals surface area contributed by atoms with E-state index in [1.165, 1.54) is 5.25 Å². The second-order valence-electron chi connectivity index (χ2n) is 37.9. The van der Waals surface area contributed by atoms with Crippen LogP contribution in [0.4, 0.5) is 0 Å². The Kier molecular flexibility index (Phi) is 21.1. The van der Waals surface area contributed by atoms with Crippen LogP contribution in [0.5, 0.6) is 0 Å². The number of benzene rings is 2. The Labute approximate surface area is 473 Å². The van der Waals surface area contributed by atoms with Crippen LogP contribution in [0, 0.1) is 5.41 Å². The molecule has 72 heavy (non-hydrogen) atoms. The maximum absolute atomic E-state index is 3.08. The molecule has 0 N–H and O–H groups in total. The zero-order valence-electron chi connectivity index (χ0n) is 56.4. The summed E-state index contributed by atoms with van der Waals surface area (Å²) >= 11 is -0.623. The van der Waals surface area contributed by atoms with E-state index in [9.17, 15) is 0 Å². The van der Waals surface area contributed by atoms with E-state index in [0.29, 0.717) is 0 Å². The van der Waals surface area contributed by atoms with Gasteiger partial charge in [-0.15, -0.1) is 0 Å². The predicted molar refractivity (Wildman–Crippen MR) is 377 cm³/mol. The predicted octanol–water partition coefficient (Wildman–Crippen LogP) is 20.4. The molecular formula is C59H128GeSi12. The molecule has 0 bridgehead atoms. The van der Waals surface area contributed by atoms with Crippen LogP contribution >= 0.6 is 0 Å². The first-order chi connectivity index (χ1) is 31.0. The van der Waals surface area contributed by atoms with E-state index in [-0.39, 0.29) is 10.1 Å². The van der Waals surface area contributed by atoms with Crippen LogP contribution in [0.2, 0.25) is 236 Å². The molecule has 0 unspecified atom stereocenters. The van der Waals surface area contributed by atoms with Gasteiger partial charge in [-0.2, -0.15) is 0 Å². The molecule has 0 spiro atoms. The number of rotatable bonds is 21. The van der Waals surface area contributed by atoms with Gasteiger partial charge < -0.3 is 0 Å². The summed E-state index contributed by atoms with van der Waals surface area (Å²) in [6.07, 6.45) is 0. The average Bonchev–Trinajstić information content (AvgIpc) is 2.96. The summed E-state index contributed by atoms with van der Waals surface area (Å²) in [5, 5.41) is 4.97. The molecule has 13 heteroatoms. The van der Waals surface area contributed by atoms with Gasteiger partial charge in [0.2, 0.25) is 0 Å². The van der Waals surface area contributed by atoms with Gasteiger partial charge in [0.05, 0.1) is 0 Å². The number of hydrogen-bond donors (Lipinski definition) is 0. The van der Waals surface area contributed by atoms with Gasteiger partial charge in [0.1, 0.15) is 0 Å². The van der Waals surface area contributed by atoms with E-state index in [2.05, 4.69) is 281 Å². The first-order valence-corrected chi connectivity index (χ1v) is 74.4. The van der Waals surface area contributed by atoms with Crippen LogP contribution in [-0.2, 0) is 9.91 Å². The molecule has 2 rings (SSSR count). The van der Waals surface area contributed by atoms with Crippen LogP contribution in [0.15, 0.2) is 24.3 Å². The second kappa shape index (κ2) is 21.8. The summed E-state index contributed by atoms with van der Waals surface area (Å²) in [4.78, 5) is 0. The first-order valence-electron chi connectivity index (χ1n) is 29.1. The molecular weight excluding hydrogens is 1120 g/mol. The SMILES string of the molecule is CC(C)(C)C(c1cc(C([Si](C)(C)C)[Si](C)(C)C)[c]([Ge][CH2]c2c(C([Si](C)(C)C)[Si](C)(C)C)cc(C([Si](C)(C)C)[Si](C)(C)C)cc2C([Si](C)(C)C)[Si](C)(C)C)c(C([Si](C)(C)C)[Si](C)(C)C)c1)([Si](C)(C)C)[Si](C)(C)C. The van der Waals surface area contributed by atoms with Crippen molar-refractivity contribution < 1.29 is 0 Å². The third-order valence-electron chi connectivity index (χ3n) is 17.0. The maximum atomic E-state index is 3.08. The van der Waals surface area contributed by atoms with Crippen molar-refractivity contribution in [3.05, 3.63) is 63.2 Å². The van der Waals surface area contributed by atoms with E-state index in [1.807, 2.05) is 32.2 Å². The van der Waals surface area contributed by atoms with Crippen molar-refractivity contribution in [2.24, 2.45) is 5.41 Å². The van der Waals surface area contributed by atoms with Crippen molar-refractivity contribution in [1.82, 2.24) is 0 Å². The van der Waals surface area contributed by atoms with Gasteiger partial charge in [0.15, 0.2) is 0 Å². The number of hydrogen-bond acceptors (Lipinski definition) is 0. The fourth-order valence-corrected chi connectivity index (χ4v) is 103. The van der Waals surface area contributed by atoms with E-state index >= 15 is 0 Å². The summed E-state index contributed by atoms with van der Waals surface area (Å²) in [6.45, 7) is 108. The molecule has 0 atom stereocenters. The van der Waals surface area contributed by atoms with Crippen LogP contribution in [0.1, 0.15) is 85.5 Å². The fraction of sp³-hybridized carbons (Fsp3) is 0.797. The van der Waals surface area contributed by atoms with Crippen molar-refractivity contribution in [2.45, 2.75) is 292 Å². The van der Waals surface area contributed by atoms with E-state index in [1.54, 1.807) is 11.1 Å². The van der Waals surface area contributed by atoms with Crippen LogP contribution in [0.25, 0.3) is 0 Å². The van der Waals surface area contributed by atoms with Crippen molar-refractivity contribution in [3.8, 4) is 0 Å². The molecule has 0 nitrogen and oxygen atoms in total. The molecule has 2 radical (unpaired) electrons. The Morgan fingerprint density at radius 2 is 0.542 bits per heavy atom. The van der Waals surface area contributed by atoms with Gasteiger partial charge in [-0.1, -0.05) is 0 Å². The van der Waals surface area contributed by atoms with Gasteiger partial charge in [0, 0.05) is 0 Å². The standard InChI is InChI=1S/C59H128GeSi12/c1-58(2,3)59(71(34,35)36,72(37,38)39)46-42-49(56(67(22,23)24)68(25,26)27)52(50(43-46)57(69(28,29)30)70(31,32)33)60-44-51-47(54(63(10,11)12)64(13,14)15)40-45(53(61(4,5)6)62(7,8)9)41-48(51)55(65(16,17)18)66(19,20)21/h40-43,53-57H,44H2,1-39H3. The monoisotopic (exact) mass is 1250 g/mol. The minimum atomic E-state index is -1.85. The zero-order valence-corrected chi connectivity index (χ0v) is 70.5. The molecule has 0 saturated heterocycles. The summed E-state index contributed by atoms with van der Waals surface area (Å²) in [5.74, 6) is 0. The van der Waals surface area contributed by atoms with Crippen molar-refractivity contribution >= 4 is 117 Å². The quantitative estimate of drug-likeness (QED) is 0.109. The summed E-state index contributed by atoms with van der Waals surface area (Å²) in [6, 6.07) is 12.2. The Morgan fingerprint density at radius 1 is 0.319 bits per heavy atom. The molecule has 0 aliphatic heterocycles. The molecule has 0 aromatic heterocycles. The van der Waals surface area contributed by atoms with E-state index in [0.717, 1.165) is 25.8 Å². The van der Waals surface area contributed by atoms with Crippen molar-refractivity contribution in [2.75, 3.05) is 0 Å². The Balaban J connectivity index is 3.90. The molecule has 0 saturated carbocycles. The summed E-state index contributed by atoms with van der Waals surface area (Å²) in [7, 11) is -20.6. The Bertz CT molecular complexity index is 1960. The molecule has 0 aliphatic rings. The molecule has 0 fully saturated rings. The second-order valence-corrected chi connectivity index (χ2v) is 107. The van der Waals surface area contributed by atoms with Crippen LogP contribution < -0.4 is 4.40 Å². The summed E-state index contributed by atoms with van der Waals surface area (Å²) in [5.41, 5.74) is 13.3. The van der Waals surface area contributed by atoms with Gasteiger partial charge in [0.25, 0.3) is 0 Å². The molecule has 2 aromatic rings. The molecule has 0 heterocycles.